The predicted octanol–water partition coefficient (Wildman–Crippen LogP) is 1.89. The first kappa shape index (κ1) is 11.9. The molecule has 0 aliphatic rings. The van der Waals surface area contributed by atoms with Crippen molar-refractivity contribution in [2.75, 3.05) is 13.2 Å². The predicted molar refractivity (Wildman–Crippen MR) is 49.4 cm³/mol. The highest BCUT2D eigenvalue weighted by Crippen LogP contribution is 2.08. The fourth-order valence-electron chi connectivity index (χ4n) is 0.737. The molecule has 0 aromatic carbocycles. The molecular weight excluding hydrogens is 154 g/mol. The first-order chi connectivity index (χ1) is 5.68. The zero-order chi connectivity index (χ0) is 9.45. The van der Waals surface area contributed by atoms with Gasteiger partial charge in [-0.05, 0) is 12.8 Å². The lowest BCUT2D eigenvalue weighted by Gasteiger charge is -2.28. The van der Waals surface area contributed by atoms with E-state index in [-0.39, 0.29) is 0 Å². The number of rotatable bonds is 7. The molecule has 12 heavy (non-hydrogen) atoms. The molecule has 3 nitrogen and oxygen atoms in total. The minimum absolute atomic E-state index is 0.683. The third-order valence-electron chi connectivity index (χ3n) is 1.48. The average Bonchev–Trinajstić information content (AvgIpc) is 2.11. The molecule has 0 unspecified atom stereocenters. The third-order valence-corrected chi connectivity index (χ3v) is 1.48. The lowest BCUT2D eigenvalue weighted by molar-refractivity contribution is -0.239. The summed E-state index contributed by atoms with van der Waals surface area (Å²) in [4.78, 5) is 0. The Bertz CT molecular complexity index is 98.7. The van der Waals surface area contributed by atoms with Crippen molar-refractivity contribution < 1.29 is 9.47 Å². The van der Waals surface area contributed by atoms with Gasteiger partial charge in [0.15, 0.2) is 0 Å². The van der Waals surface area contributed by atoms with Crippen LogP contribution in [0.2, 0.25) is 0 Å². The van der Waals surface area contributed by atoms with Crippen molar-refractivity contribution in [2.24, 2.45) is 0 Å². The third kappa shape index (κ3) is 4.70. The first-order valence-corrected chi connectivity index (χ1v) is 4.50. The van der Waals surface area contributed by atoms with Crippen molar-refractivity contribution in [1.82, 2.24) is 5.32 Å². The van der Waals surface area contributed by atoms with Gasteiger partial charge >= 0.3 is 0 Å². The molecular formula is C9H20NO2. The standard InChI is InChI=1S/C9H20NO2/c1-5-7-11-9(3,10-4)12-8-6-2/h10H,4-8H2,1-3H3. The molecule has 0 saturated heterocycles. The van der Waals surface area contributed by atoms with Crippen LogP contribution in [0.3, 0.4) is 0 Å². The van der Waals surface area contributed by atoms with Gasteiger partial charge in [0.1, 0.15) is 0 Å². The van der Waals surface area contributed by atoms with Crippen molar-refractivity contribution in [2.45, 2.75) is 39.5 Å². The molecule has 0 fully saturated rings. The minimum Gasteiger partial charge on any atom is -0.338 e. The van der Waals surface area contributed by atoms with E-state index < -0.39 is 5.91 Å². The van der Waals surface area contributed by atoms with Gasteiger partial charge < -0.3 is 9.47 Å². The van der Waals surface area contributed by atoms with E-state index in [0.29, 0.717) is 13.2 Å². The van der Waals surface area contributed by atoms with Crippen LogP contribution < -0.4 is 5.32 Å². The molecule has 0 aromatic heterocycles. The van der Waals surface area contributed by atoms with Crippen LogP contribution in [-0.2, 0) is 9.47 Å². The summed E-state index contributed by atoms with van der Waals surface area (Å²) in [7, 11) is 3.56. The van der Waals surface area contributed by atoms with E-state index in [9.17, 15) is 0 Å². The van der Waals surface area contributed by atoms with Crippen molar-refractivity contribution >= 4 is 0 Å². The average molecular weight is 174 g/mol. The summed E-state index contributed by atoms with van der Waals surface area (Å²) in [6.07, 6.45) is 1.96. The quantitative estimate of drug-likeness (QED) is 0.598. The first-order valence-electron chi connectivity index (χ1n) is 4.50. The highest BCUT2D eigenvalue weighted by molar-refractivity contribution is 4.58. The van der Waals surface area contributed by atoms with Crippen LogP contribution in [0.25, 0.3) is 0 Å². The van der Waals surface area contributed by atoms with Crippen molar-refractivity contribution in [3.05, 3.63) is 7.05 Å². The SMILES string of the molecule is [CH2]NC(C)(OCCC)OCCC. The van der Waals surface area contributed by atoms with E-state index in [2.05, 4.69) is 26.2 Å². The van der Waals surface area contributed by atoms with Crippen molar-refractivity contribution in [3.8, 4) is 0 Å². The lowest BCUT2D eigenvalue weighted by atomic mass is 10.4. The maximum atomic E-state index is 5.43. The van der Waals surface area contributed by atoms with Crippen LogP contribution in [0.15, 0.2) is 0 Å². The van der Waals surface area contributed by atoms with Gasteiger partial charge in [-0.15, -0.1) is 0 Å². The molecule has 0 aliphatic heterocycles. The summed E-state index contributed by atoms with van der Waals surface area (Å²) < 4.78 is 10.9. The van der Waals surface area contributed by atoms with Crippen molar-refractivity contribution in [3.63, 3.8) is 0 Å². The molecule has 0 spiro atoms. The molecule has 1 N–H and O–H groups in total. The summed E-state index contributed by atoms with van der Waals surface area (Å²) in [6, 6.07) is 0. The molecule has 0 amide bonds. The lowest BCUT2D eigenvalue weighted by Crippen LogP contribution is -2.44. The molecule has 1 radical (unpaired) electrons. The van der Waals surface area contributed by atoms with Gasteiger partial charge in [0.05, 0.1) is 13.2 Å². The van der Waals surface area contributed by atoms with Crippen LogP contribution in [0.5, 0.6) is 0 Å². The van der Waals surface area contributed by atoms with Crippen LogP contribution in [0.1, 0.15) is 33.6 Å². The fourth-order valence-corrected chi connectivity index (χ4v) is 0.737. The zero-order valence-corrected chi connectivity index (χ0v) is 8.35. The van der Waals surface area contributed by atoms with Crippen LogP contribution in [-0.4, -0.2) is 19.1 Å². The Morgan fingerprint density at radius 1 is 1.17 bits per heavy atom. The van der Waals surface area contributed by atoms with Gasteiger partial charge in [-0.3, -0.25) is 5.32 Å². The summed E-state index contributed by atoms with van der Waals surface area (Å²) >= 11 is 0. The van der Waals surface area contributed by atoms with Crippen molar-refractivity contribution in [1.29, 1.82) is 0 Å². The van der Waals surface area contributed by atoms with Crippen LogP contribution in [0.4, 0.5) is 0 Å². The molecule has 0 heterocycles. The van der Waals surface area contributed by atoms with E-state index in [0.717, 1.165) is 12.8 Å². The highest BCUT2D eigenvalue weighted by atomic mass is 16.7. The van der Waals surface area contributed by atoms with E-state index >= 15 is 0 Å². The Kier molecular flexibility index (Phi) is 6.34. The topological polar surface area (TPSA) is 30.5 Å². The molecule has 0 atom stereocenters. The van der Waals surface area contributed by atoms with Gasteiger partial charge in [0.2, 0.25) is 5.91 Å². The molecule has 73 valence electrons. The van der Waals surface area contributed by atoms with Gasteiger partial charge in [-0.2, -0.15) is 0 Å². The normalized spacial score (nSPS) is 12.0. The second-order valence-electron chi connectivity index (χ2n) is 2.82. The minimum atomic E-state index is -0.716. The second-order valence-corrected chi connectivity index (χ2v) is 2.82. The van der Waals surface area contributed by atoms with Gasteiger partial charge in [0, 0.05) is 14.0 Å². The maximum Gasteiger partial charge on any atom is 0.224 e. The second kappa shape index (κ2) is 6.40. The Labute approximate surface area is 75.4 Å². The molecule has 0 aliphatic carbocycles. The van der Waals surface area contributed by atoms with E-state index in [1.165, 1.54) is 0 Å². The monoisotopic (exact) mass is 174 g/mol. The maximum absolute atomic E-state index is 5.43. The summed E-state index contributed by atoms with van der Waals surface area (Å²) in [5.74, 6) is -0.716. The molecule has 0 aromatic rings. The van der Waals surface area contributed by atoms with Gasteiger partial charge in [0.25, 0.3) is 0 Å². The summed E-state index contributed by atoms with van der Waals surface area (Å²) in [5.41, 5.74) is 0. The number of nitrogens with one attached hydrogen (secondary N) is 1. The Morgan fingerprint density at radius 3 is 1.83 bits per heavy atom. The molecule has 0 bridgehead atoms. The smallest absolute Gasteiger partial charge is 0.224 e. The Hall–Kier alpha value is -0.120. The summed E-state index contributed by atoms with van der Waals surface area (Å²) in [6.45, 7) is 7.32. The number of ether oxygens (including phenoxy) is 2. The fraction of sp³-hybridized carbons (Fsp3) is 0.889. The molecule has 0 rings (SSSR count). The molecule has 0 saturated carbocycles. The van der Waals surface area contributed by atoms with Gasteiger partial charge in [-0.1, -0.05) is 13.8 Å². The van der Waals surface area contributed by atoms with Crippen LogP contribution in [0, 0.1) is 7.05 Å². The summed E-state index contributed by atoms with van der Waals surface area (Å²) in [5, 5.41) is 2.75. The number of hydrogen-bond acceptors (Lipinski definition) is 3. The van der Waals surface area contributed by atoms with E-state index in [4.69, 9.17) is 9.47 Å². The highest BCUT2D eigenvalue weighted by Gasteiger charge is 2.22. The largest absolute Gasteiger partial charge is 0.338 e. The van der Waals surface area contributed by atoms with Crippen LogP contribution >= 0.6 is 0 Å². The molecule has 3 heteroatoms. The van der Waals surface area contributed by atoms with E-state index in [1.807, 2.05) is 6.92 Å². The zero-order valence-electron chi connectivity index (χ0n) is 8.35. The Morgan fingerprint density at radius 2 is 1.58 bits per heavy atom. The van der Waals surface area contributed by atoms with Gasteiger partial charge in [-0.25, -0.2) is 0 Å². The van der Waals surface area contributed by atoms with E-state index in [1.54, 1.807) is 0 Å². The Balaban J connectivity index is 3.70. The number of hydrogen-bond donors (Lipinski definition) is 1.